The molecular weight excluding hydrogens is 1800 g/mol. The summed E-state index contributed by atoms with van der Waals surface area (Å²) < 4.78 is 126. The molecule has 58 nitrogen and oxygen atoms in total. The highest BCUT2D eigenvalue weighted by Crippen LogP contribution is 2.43. The van der Waals surface area contributed by atoms with E-state index < -0.39 is 421 Å². The van der Waals surface area contributed by atoms with Gasteiger partial charge >= 0.3 is 0 Å². The zero-order valence-corrected chi connectivity index (χ0v) is 70.4. The Balaban J connectivity index is 0.936. The van der Waals surface area contributed by atoms with E-state index in [0.717, 1.165) is 27.7 Å². The van der Waals surface area contributed by atoms with E-state index in [-0.39, 0.29) is 0 Å². The van der Waals surface area contributed by atoms with Crippen molar-refractivity contribution in [3.8, 4) is 0 Å². The molecule has 11 heterocycles. The van der Waals surface area contributed by atoms with Crippen LogP contribution < -0.4 is 21.3 Å². The number of aliphatic hydroxyl groups is 29. The molecule has 0 bridgehead atoms. The summed E-state index contributed by atoms with van der Waals surface area (Å²) in [5.74, 6) is -3.79. The molecule has 0 unspecified atom stereocenters. The van der Waals surface area contributed by atoms with Crippen molar-refractivity contribution in [1.82, 2.24) is 21.3 Å². The van der Waals surface area contributed by atoms with Gasteiger partial charge in [0.05, 0.1) is 72.2 Å². The molecule has 11 aliphatic rings. The molecule has 0 aromatic heterocycles. The fourth-order valence-electron chi connectivity index (χ4n) is 17.2. The van der Waals surface area contributed by atoms with Gasteiger partial charge in [-0.1, -0.05) is 0 Å². The maximum absolute atomic E-state index is 13.5. The number of amides is 4. The summed E-state index contributed by atoms with van der Waals surface area (Å²) in [6, 6.07) is -7.64. The lowest BCUT2D eigenvalue weighted by molar-refractivity contribution is -0.404. The van der Waals surface area contributed by atoms with Gasteiger partial charge in [-0.05, 0) is 6.92 Å². The first kappa shape index (κ1) is 107. The van der Waals surface area contributed by atoms with E-state index >= 15 is 0 Å². The average molecular weight is 1920 g/mol. The van der Waals surface area contributed by atoms with Gasteiger partial charge in [0, 0.05) is 27.7 Å². The van der Waals surface area contributed by atoms with Gasteiger partial charge in [0.25, 0.3) is 0 Å². The highest BCUT2D eigenvalue weighted by molar-refractivity contribution is 5.74. The molecule has 11 rings (SSSR count). The van der Waals surface area contributed by atoms with Crippen molar-refractivity contribution in [2.45, 2.75) is 366 Å². The summed E-state index contributed by atoms with van der Waals surface area (Å²) in [6.07, 6.45) is -105. The maximum Gasteiger partial charge on any atom is 0.217 e. The number of nitrogens with one attached hydrogen (secondary N) is 4. The largest absolute Gasteiger partial charge is 0.394 e. The monoisotopic (exact) mass is 1920 g/mol. The van der Waals surface area contributed by atoms with E-state index in [1.807, 2.05) is 0 Å². The lowest BCUT2D eigenvalue weighted by Gasteiger charge is -2.52. The standard InChI is InChI=1S/C73H122N4O54/c1-16-35(91)43(99)49(105)68(112-16)129-60-32(75-18(3)88)63(110)113-29(14-86)57(60)126-64-31(74-17(2)87)42(98)54(26(11-83)119-64)125-73-62(131-69-48(104)38(94)23(8-80)118-69)61(130-72-53(109)47(103)56(28(13-85)121-72)124-66-34(77-20(5)90)59(40(96)25(10-82)115-66)128-71-51(107)45(101)37(93)22(7-79)117-71)41(97)30(122-73)15-111-67-52(108)46(102)55(27(12-84)120-67)123-65-33(76-19(4)89)58(39(95)24(9-81)114-65)127-70-50(106)44(100)36(92)21(6-78)116-70/h16,21-73,78-86,91-110H,6-15H2,1-5H3,(H,74,87)(H,75,88)(H,76,89)(H,77,90)/t16-,21+,22+,23+,24+,25+,26+,27+,28+,29+,30+,31+,32+,33-,34+,35+,36-,37-,38-,39+,40+,41+,42+,43+,44-,45+,46+,47+,48+,49-,50+,51+,52-,53-,54+,55+,56+,57+,58+,59+,60+,61-,62-,63+,64-,65-,66-,67-,68-,69-,70-,71-,72+,73-/m0/s1. The summed E-state index contributed by atoms with van der Waals surface area (Å²) in [5.41, 5.74) is 0. The molecule has 0 aromatic carbocycles. The Morgan fingerprint density at radius 2 is 0.473 bits per heavy atom. The van der Waals surface area contributed by atoms with Crippen molar-refractivity contribution in [3.63, 3.8) is 0 Å². The average Bonchev–Trinajstić information content (AvgIpc) is 1.41. The van der Waals surface area contributed by atoms with Crippen LogP contribution >= 0.6 is 0 Å². The highest BCUT2D eigenvalue weighted by Gasteiger charge is 2.63. The Morgan fingerprint density at radius 1 is 0.214 bits per heavy atom. The zero-order valence-electron chi connectivity index (χ0n) is 70.4. The third-order valence-corrected chi connectivity index (χ3v) is 24.2. The summed E-state index contributed by atoms with van der Waals surface area (Å²) in [4.78, 5) is 52.2. The van der Waals surface area contributed by atoms with E-state index in [1.165, 1.54) is 6.92 Å². The van der Waals surface area contributed by atoms with Gasteiger partial charge in [-0.2, -0.15) is 0 Å². The summed E-state index contributed by atoms with van der Waals surface area (Å²) in [5, 5.41) is 334. The summed E-state index contributed by atoms with van der Waals surface area (Å²) in [6.45, 7) is -6.44. The first-order chi connectivity index (χ1) is 62.0. The van der Waals surface area contributed by atoms with Crippen LogP contribution in [0.5, 0.6) is 0 Å². The maximum atomic E-state index is 13.5. The van der Waals surface area contributed by atoms with E-state index in [4.69, 9.17) is 99.5 Å². The predicted molar refractivity (Wildman–Crippen MR) is 401 cm³/mol. The van der Waals surface area contributed by atoms with Gasteiger partial charge in [-0.3, -0.25) is 19.2 Å². The number of hydrogen-bond acceptors (Lipinski definition) is 54. The first-order valence-electron chi connectivity index (χ1n) is 41.9. The van der Waals surface area contributed by atoms with Crippen molar-refractivity contribution < 1.29 is 267 Å². The van der Waals surface area contributed by atoms with Crippen molar-refractivity contribution in [3.05, 3.63) is 0 Å². The fourth-order valence-corrected chi connectivity index (χ4v) is 17.2. The van der Waals surface area contributed by atoms with Crippen LogP contribution in [0.25, 0.3) is 0 Å². The summed E-state index contributed by atoms with van der Waals surface area (Å²) >= 11 is 0. The molecule has 54 atom stereocenters. The minimum atomic E-state index is -2.62. The SMILES string of the molecule is CC(=O)N[C@@H]1[C@H](O[C@H]2[C@H](O)[C@H](O)[C@@H](OC[C@H]3O[C@@H](O[C@H]4[C@H](O)[C@@H](NC(C)=O)[C@H](O[C@H]5[C@H](O[C@@H]6O[C@@H](C)[C@@H](O)[C@@H](O)[C@@H]6O)[C@@H](NC(C)=O)[C@H](O)O[C@@H]5CO)O[C@@H]4CO)[C@@H](O[C@@H]4O[C@H](CO)[C@H](O)[C@H]4O)[C@@H](O[C@H]4O[C@H](CO)[C@@H](O[C@@H]5O[C@H](CO)[C@@H](O)[C@H](O[C@@H]6O[C@H](CO)[C@H](O)[C@@H](O)[C@H]6O)[C@H]5NC(C)=O)[C@H](O)[C@@H]4O)[C@@H]3O)O[C@@H]2CO)O[C@H](CO)[C@@H](O)[C@@H]1O[C@@H]1O[C@H](CO)[C@H](O)[C@H](O)[C@H]1O. The van der Waals surface area contributed by atoms with Gasteiger partial charge in [0.1, 0.15) is 256 Å². The number of carbonyl (C=O) groups excluding carboxylic acids is 4. The second-order valence-corrected chi connectivity index (χ2v) is 33.3. The normalized spacial score (nSPS) is 50.0. The second-order valence-electron chi connectivity index (χ2n) is 33.3. The molecule has 11 saturated heterocycles. The van der Waals surface area contributed by atoms with Crippen LogP contribution in [0.4, 0.5) is 0 Å². The van der Waals surface area contributed by atoms with Gasteiger partial charge in [0.15, 0.2) is 69.2 Å². The molecule has 758 valence electrons. The lowest BCUT2D eigenvalue weighted by Crippen LogP contribution is -2.71. The Bertz CT molecular complexity index is 3570. The molecule has 0 spiro atoms. The summed E-state index contributed by atoms with van der Waals surface area (Å²) in [7, 11) is 0. The molecular formula is C73H122N4O54. The molecule has 131 heavy (non-hydrogen) atoms. The fraction of sp³-hybridized carbons (Fsp3) is 0.945. The Labute approximate surface area is 741 Å². The Morgan fingerprint density at radius 3 is 0.901 bits per heavy atom. The van der Waals surface area contributed by atoms with Crippen LogP contribution in [-0.2, 0) is 119 Å². The number of hydrogen-bond donors (Lipinski definition) is 33. The first-order valence-corrected chi connectivity index (χ1v) is 41.9. The van der Waals surface area contributed by atoms with Crippen molar-refractivity contribution in [2.75, 3.05) is 66.1 Å². The van der Waals surface area contributed by atoms with Crippen LogP contribution in [0.2, 0.25) is 0 Å². The molecule has 0 saturated carbocycles. The molecule has 58 heteroatoms. The van der Waals surface area contributed by atoms with Crippen LogP contribution in [0.1, 0.15) is 34.6 Å². The van der Waals surface area contributed by atoms with Crippen LogP contribution in [0, 0.1) is 0 Å². The van der Waals surface area contributed by atoms with Crippen LogP contribution in [0.3, 0.4) is 0 Å². The quantitative estimate of drug-likeness (QED) is 0.0284. The number of carbonyl (C=O) groups is 4. The van der Waals surface area contributed by atoms with E-state index in [9.17, 15) is 167 Å². The third kappa shape index (κ3) is 23.5. The van der Waals surface area contributed by atoms with E-state index in [0.29, 0.717) is 0 Å². The van der Waals surface area contributed by atoms with Gasteiger partial charge in [-0.15, -0.1) is 0 Å². The molecule has 0 radical (unpaired) electrons. The van der Waals surface area contributed by atoms with Crippen LogP contribution in [-0.4, -0.2) is 569 Å². The van der Waals surface area contributed by atoms with Crippen molar-refractivity contribution in [2.24, 2.45) is 0 Å². The zero-order chi connectivity index (χ0) is 96.2. The minimum absolute atomic E-state index is 0.881. The molecule has 0 aromatic rings. The Hall–Kier alpha value is -4.12. The van der Waals surface area contributed by atoms with Crippen molar-refractivity contribution >= 4 is 23.6 Å². The molecule has 33 N–H and O–H groups in total. The van der Waals surface area contributed by atoms with Crippen molar-refractivity contribution in [1.29, 1.82) is 0 Å². The number of rotatable bonds is 34. The third-order valence-electron chi connectivity index (χ3n) is 24.2. The highest BCUT2D eigenvalue weighted by atomic mass is 16.8. The smallest absolute Gasteiger partial charge is 0.217 e. The molecule has 4 amide bonds. The van der Waals surface area contributed by atoms with Crippen LogP contribution in [0.15, 0.2) is 0 Å². The molecule has 11 fully saturated rings. The Kier molecular flexibility index (Phi) is 38.3. The van der Waals surface area contributed by atoms with Gasteiger partial charge in [0.2, 0.25) is 23.6 Å². The molecule has 11 aliphatic heterocycles. The second kappa shape index (κ2) is 46.8. The minimum Gasteiger partial charge on any atom is -0.394 e. The van der Waals surface area contributed by atoms with E-state index in [2.05, 4.69) is 21.3 Å². The molecule has 0 aliphatic carbocycles. The number of ether oxygens (including phenoxy) is 21. The van der Waals surface area contributed by atoms with E-state index in [1.54, 1.807) is 0 Å². The topological polar surface area (TPSA) is 897 Å². The van der Waals surface area contributed by atoms with Gasteiger partial charge in [-0.25, -0.2) is 0 Å². The predicted octanol–water partition coefficient (Wildman–Crippen LogP) is -22.7. The lowest BCUT2D eigenvalue weighted by atomic mass is 9.93. The van der Waals surface area contributed by atoms with Gasteiger partial charge < -0.3 is 269 Å². The number of aliphatic hydroxyl groups excluding tert-OH is 29.